The molecule has 0 spiro atoms. The summed E-state index contributed by atoms with van der Waals surface area (Å²) in [4.78, 5) is 26.2. The number of carbonyl (C=O) groups is 2. The van der Waals surface area contributed by atoms with Gasteiger partial charge in [0.1, 0.15) is 0 Å². The molecule has 0 bridgehead atoms. The fourth-order valence-corrected chi connectivity index (χ4v) is 3.18. The number of nitrogens with one attached hydrogen (secondary N) is 2. The maximum absolute atomic E-state index is 12.9. The summed E-state index contributed by atoms with van der Waals surface area (Å²) in [7, 11) is 3.95. The molecule has 3 rings (SSSR count). The maximum Gasteiger partial charge on any atom is 0.267 e. The summed E-state index contributed by atoms with van der Waals surface area (Å²) < 4.78 is 0. The summed E-state index contributed by atoms with van der Waals surface area (Å²) in [6, 6.07) is 24.2. The van der Waals surface area contributed by atoms with Crippen LogP contribution in [-0.2, 0) is 4.79 Å². The van der Waals surface area contributed by atoms with E-state index in [0.29, 0.717) is 5.56 Å². The Bertz CT molecular complexity index is 1060. The lowest BCUT2D eigenvalue weighted by atomic mass is 9.96. The third-order valence-electron chi connectivity index (χ3n) is 4.84. The molecule has 1 atom stereocenters. The van der Waals surface area contributed by atoms with Gasteiger partial charge in [0.2, 0.25) is 0 Å². The van der Waals surface area contributed by atoms with Crippen molar-refractivity contribution in [3.05, 3.63) is 107 Å². The monoisotopic (exact) mass is 415 g/mol. The molecule has 3 aromatic rings. The van der Waals surface area contributed by atoms with Gasteiger partial charge in [-0.25, -0.2) is 5.48 Å². The van der Waals surface area contributed by atoms with Crippen molar-refractivity contribution in [3.8, 4) is 0 Å². The lowest BCUT2D eigenvalue weighted by Crippen LogP contribution is -2.29. The van der Waals surface area contributed by atoms with E-state index in [1.165, 1.54) is 6.08 Å². The van der Waals surface area contributed by atoms with E-state index in [1.807, 2.05) is 85.7 Å². The third-order valence-corrected chi connectivity index (χ3v) is 4.84. The molecule has 0 aromatic heterocycles. The van der Waals surface area contributed by atoms with Gasteiger partial charge < -0.3 is 10.2 Å². The Balaban J connectivity index is 1.96. The van der Waals surface area contributed by atoms with Crippen LogP contribution in [0, 0.1) is 0 Å². The third kappa shape index (κ3) is 5.81. The van der Waals surface area contributed by atoms with Crippen LogP contribution in [0.1, 0.15) is 33.1 Å². The van der Waals surface area contributed by atoms with E-state index in [9.17, 15) is 9.59 Å². The Hall–Kier alpha value is -3.90. The molecule has 2 amide bonds. The van der Waals surface area contributed by atoms with Crippen LogP contribution in [0.4, 0.5) is 5.69 Å². The second-order valence-electron chi connectivity index (χ2n) is 7.24. The van der Waals surface area contributed by atoms with E-state index in [0.717, 1.165) is 22.4 Å². The molecule has 6 nitrogen and oxygen atoms in total. The lowest BCUT2D eigenvalue weighted by molar-refractivity contribution is -0.124. The van der Waals surface area contributed by atoms with Crippen LogP contribution >= 0.6 is 0 Å². The summed E-state index contributed by atoms with van der Waals surface area (Å²) in [6.07, 6.45) is 2.84. The van der Waals surface area contributed by atoms with Crippen LogP contribution in [0.3, 0.4) is 0 Å². The van der Waals surface area contributed by atoms with Crippen LogP contribution < -0.4 is 15.7 Å². The second-order valence-corrected chi connectivity index (χ2v) is 7.24. The average Bonchev–Trinajstić information content (AvgIpc) is 2.81. The Morgan fingerprint density at radius 1 is 0.903 bits per heavy atom. The lowest BCUT2D eigenvalue weighted by Gasteiger charge is -2.22. The van der Waals surface area contributed by atoms with Crippen molar-refractivity contribution < 1.29 is 14.8 Å². The Kier molecular flexibility index (Phi) is 7.19. The maximum atomic E-state index is 12.9. The first-order valence-corrected chi connectivity index (χ1v) is 9.83. The molecule has 0 aliphatic rings. The van der Waals surface area contributed by atoms with Gasteiger partial charge in [0.15, 0.2) is 0 Å². The SMILES string of the molecule is CN(C)c1ccc(C(NC(=O)c2ccccc2)c2cccc(/C=C/C(=O)NO)c2)cc1. The van der Waals surface area contributed by atoms with Gasteiger partial charge in [0, 0.05) is 31.4 Å². The number of hydrogen-bond acceptors (Lipinski definition) is 4. The van der Waals surface area contributed by atoms with E-state index in [2.05, 4.69) is 5.32 Å². The number of amides is 2. The molecule has 31 heavy (non-hydrogen) atoms. The number of anilines is 1. The van der Waals surface area contributed by atoms with Crippen molar-refractivity contribution in [2.24, 2.45) is 0 Å². The Morgan fingerprint density at radius 3 is 2.26 bits per heavy atom. The van der Waals surface area contributed by atoms with E-state index in [1.54, 1.807) is 23.7 Å². The van der Waals surface area contributed by atoms with Crippen molar-refractivity contribution in [1.29, 1.82) is 0 Å². The van der Waals surface area contributed by atoms with Crippen molar-refractivity contribution in [3.63, 3.8) is 0 Å². The number of hydrogen-bond donors (Lipinski definition) is 3. The molecule has 0 saturated carbocycles. The first-order valence-electron chi connectivity index (χ1n) is 9.83. The van der Waals surface area contributed by atoms with E-state index in [4.69, 9.17) is 5.21 Å². The van der Waals surface area contributed by atoms with Crippen molar-refractivity contribution in [2.45, 2.75) is 6.04 Å². The summed E-state index contributed by atoms with van der Waals surface area (Å²) in [5.74, 6) is -0.790. The minimum Gasteiger partial charge on any atom is -0.378 e. The molecule has 6 heteroatoms. The van der Waals surface area contributed by atoms with Gasteiger partial charge in [-0.05, 0) is 53.1 Å². The predicted octanol–water partition coefficient (Wildman–Crippen LogP) is 3.79. The molecule has 0 radical (unpaired) electrons. The smallest absolute Gasteiger partial charge is 0.267 e. The minimum atomic E-state index is -0.612. The first kappa shape index (κ1) is 21.8. The van der Waals surface area contributed by atoms with E-state index in [-0.39, 0.29) is 11.9 Å². The fourth-order valence-electron chi connectivity index (χ4n) is 3.18. The van der Waals surface area contributed by atoms with E-state index >= 15 is 0 Å². The van der Waals surface area contributed by atoms with Crippen LogP contribution in [0.5, 0.6) is 0 Å². The summed E-state index contributed by atoms with van der Waals surface area (Å²) >= 11 is 0. The predicted molar refractivity (Wildman–Crippen MR) is 122 cm³/mol. The summed E-state index contributed by atoms with van der Waals surface area (Å²) in [5, 5.41) is 11.8. The highest BCUT2D eigenvalue weighted by Gasteiger charge is 2.18. The zero-order valence-electron chi connectivity index (χ0n) is 17.4. The molecule has 0 fully saturated rings. The summed E-state index contributed by atoms with van der Waals surface area (Å²) in [5.41, 5.74) is 5.78. The van der Waals surface area contributed by atoms with E-state index < -0.39 is 5.91 Å². The minimum absolute atomic E-state index is 0.178. The largest absolute Gasteiger partial charge is 0.378 e. The normalized spacial score (nSPS) is 11.7. The molecular weight excluding hydrogens is 390 g/mol. The second kappa shape index (κ2) is 10.2. The molecule has 0 aliphatic carbocycles. The highest BCUT2D eigenvalue weighted by Crippen LogP contribution is 2.26. The van der Waals surface area contributed by atoms with Crippen molar-refractivity contribution in [1.82, 2.24) is 10.8 Å². The zero-order chi connectivity index (χ0) is 22.2. The number of hydroxylamine groups is 1. The molecule has 3 aromatic carbocycles. The highest BCUT2D eigenvalue weighted by molar-refractivity contribution is 5.94. The average molecular weight is 415 g/mol. The van der Waals surface area contributed by atoms with Gasteiger partial charge in [-0.1, -0.05) is 48.5 Å². The van der Waals surface area contributed by atoms with Gasteiger partial charge in [-0.2, -0.15) is 0 Å². The van der Waals surface area contributed by atoms with Crippen molar-refractivity contribution in [2.75, 3.05) is 19.0 Å². The number of nitrogens with zero attached hydrogens (tertiary/aromatic N) is 1. The van der Waals surface area contributed by atoms with Crippen LogP contribution in [0.2, 0.25) is 0 Å². The van der Waals surface area contributed by atoms with Crippen molar-refractivity contribution >= 4 is 23.6 Å². The van der Waals surface area contributed by atoms with Crippen LogP contribution in [0.15, 0.2) is 84.9 Å². The fraction of sp³-hybridized carbons (Fsp3) is 0.120. The standard InChI is InChI=1S/C25H25N3O3/c1-28(2)22-14-12-19(13-15-22)24(26-25(30)20-8-4-3-5-9-20)21-10-6-7-18(17-21)11-16-23(29)27-31/h3-17,24,31H,1-2H3,(H,26,30)(H,27,29)/b16-11+. The van der Waals surface area contributed by atoms with Gasteiger partial charge in [0.25, 0.3) is 11.8 Å². The molecule has 1 unspecified atom stereocenters. The molecule has 3 N–H and O–H groups in total. The number of rotatable bonds is 7. The number of benzene rings is 3. The topological polar surface area (TPSA) is 81.7 Å². The van der Waals surface area contributed by atoms with Gasteiger partial charge in [0.05, 0.1) is 6.04 Å². The molecule has 0 heterocycles. The highest BCUT2D eigenvalue weighted by atomic mass is 16.5. The molecular formula is C25H25N3O3. The van der Waals surface area contributed by atoms with Gasteiger partial charge in [-0.15, -0.1) is 0 Å². The number of carbonyl (C=O) groups excluding carboxylic acids is 2. The van der Waals surface area contributed by atoms with Gasteiger partial charge in [-0.3, -0.25) is 14.8 Å². The van der Waals surface area contributed by atoms with Crippen LogP contribution in [0.25, 0.3) is 6.08 Å². The first-order chi connectivity index (χ1) is 15.0. The Labute approximate surface area is 181 Å². The molecule has 0 aliphatic heterocycles. The molecule has 0 saturated heterocycles. The zero-order valence-corrected chi connectivity index (χ0v) is 17.4. The molecule has 158 valence electrons. The Morgan fingerprint density at radius 2 is 1.61 bits per heavy atom. The summed E-state index contributed by atoms with van der Waals surface area (Å²) in [6.45, 7) is 0. The van der Waals surface area contributed by atoms with Gasteiger partial charge >= 0.3 is 0 Å². The quantitative estimate of drug-likeness (QED) is 0.312. The van der Waals surface area contributed by atoms with Crippen LogP contribution in [-0.4, -0.2) is 31.1 Å².